The minimum absolute atomic E-state index is 0.170. The molecule has 1 N–H and O–H groups in total. The normalized spacial score (nSPS) is 19.4. The highest BCUT2D eigenvalue weighted by Crippen LogP contribution is 2.52. The Morgan fingerprint density at radius 1 is 1.31 bits per heavy atom. The number of nitrogens with zero attached hydrogens (tertiary/aromatic N) is 1. The fourth-order valence-corrected chi connectivity index (χ4v) is 2.58. The smallest absolute Gasteiger partial charge is 0.321 e. The van der Waals surface area contributed by atoms with Gasteiger partial charge in [-0.15, -0.1) is 0 Å². The van der Waals surface area contributed by atoms with Crippen molar-refractivity contribution in [2.45, 2.75) is 24.3 Å². The van der Waals surface area contributed by atoms with Gasteiger partial charge in [0.15, 0.2) is 0 Å². The molecule has 2 rings (SSSR count). The van der Waals surface area contributed by atoms with E-state index in [1.54, 1.807) is 0 Å². The van der Waals surface area contributed by atoms with Crippen LogP contribution in [0.3, 0.4) is 0 Å². The van der Waals surface area contributed by atoms with Crippen LogP contribution in [-0.2, 0) is 10.2 Å². The first-order valence-corrected chi connectivity index (χ1v) is 5.53. The lowest BCUT2D eigenvalue weighted by Crippen LogP contribution is -2.45. The van der Waals surface area contributed by atoms with Crippen LogP contribution in [-0.4, -0.2) is 36.1 Å². The van der Waals surface area contributed by atoms with Crippen LogP contribution in [0.15, 0.2) is 30.3 Å². The first-order valence-electron chi connectivity index (χ1n) is 5.53. The third-order valence-electron chi connectivity index (χ3n) is 3.41. The molecule has 0 saturated heterocycles. The Morgan fingerprint density at radius 3 is 2.25 bits per heavy atom. The second kappa shape index (κ2) is 3.91. The van der Waals surface area contributed by atoms with Crippen molar-refractivity contribution in [3.63, 3.8) is 0 Å². The van der Waals surface area contributed by atoms with Gasteiger partial charge in [0.05, 0.1) is 0 Å². The van der Waals surface area contributed by atoms with Crippen LogP contribution in [0.2, 0.25) is 0 Å². The number of carboxylic acid groups (broad SMARTS) is 1. The molecule has 16 heavy (non-hydrogen) atoms. The number of hydrogen-bond acceptors (Lipinski definition) is 2. The minimum atomic E-state index is -0.730. The van der Waals surface area contributed by atoms with Crippen LogP contribution < -0.4 is 0 Å². The molecule has 1 fully saturated rings. The van der Waals surface area contributed by atoms with Gasteiger partial charge < -0.3 is 5.11 Å². The Kier molecular flexibility index (Phi) is 2.72. The van der Waals surface area contributed by atoms with Crippen LogP contribution in [0.5, 0.6) is 0 Å². The lowest BCUT2D eigenvalue weighted by atomic mass is 9.87. The molecular formula is C13H17NO2. The molecule has 0 aliphatic heterocycles. The van der Waals surface area contributed by atoms with Crippen molar-refractivity contribution in [2.75, 3.05) is 14.1 Å². The quantitative estimate of drug-likeness (QED) is 0.838. The fourth-order valence-electron chi connectivity index (χ4n) is 2.58. The Labute approximate surface area is 95.7 Å². The molecule has 0 aromatic heterocycles. The molecule has 1 atom stereocenters. The third kappa shape index (κ3) is 1.71. The second-order valence-corrected chi connectivity index (χ2v) is 4.73. The first-order chi connectivity index (χ1) is 7.58. The molecule has 1 aromatic rings. The van der Waals surface area contributed by atoms with E-state index in [0.717, 1.165) is 18.4 Å². The molecular weight excluding hydrogens is 202 g/mol. The van der Waals surface area contributed by atoms with Crippen LogP contribution >= 0.6 is 0 Å². The SMILES string of the molecule is CN(C)C(C(=O)O)C1(c2ccccc2)CC1. The van der Waals surface area contributed by atoms with E-state index in [1.165, 1.54) is 0 Å². The predicted molar refractivity (Wildman–Crippen MR) is 62.5 cm³/mol. The van der Waals surface area contributed by atoms with Crippen molar-refractivity contribution < 1.29 is 9.90 Å². The molecule has 1 aromatic carbocycles. The maximum atomic E-state index is 11.4. The Bertz CT molecular complexity index is 382. The highest BCUT2D eigenvalue weighted by molar-refractivity contribution is 5.77. The number of rotatable bonds is 4. The van der Waals surface area contributed by atoms with E-state index >= 15 is 0 Å². The van der Waals surface area contributed by atoms with Crippen molar-refractivity contribution in [3.05, 3.63) is 35.9 Å². The van der Waals surface area contributed by atoms with Gasteiger partial charge in [-0.1, -0.05) is 30.3 Å². The van der Waals surface area contributed by atoms with Crippen LogP contribution in [0.25, 0.3) is 0 Å². The van der Waals surface area contributed by atoms with E-state index < -0.39 is 12.0 Å². The summed E-state index contributed by atoms with van der Waals surface area (Å²) in [5.74, 6) is -0.730. The van der Waals surface area contributed by atoms with Crippen molar-refractivity contribution in [2.24, 2.45) is 0 Å². The molecule has 1 aliphatic rings. The van der Waals surface area contributed by atoms with Crippen LogP contribution in [0, 0.1) is 0 Å². The molecule has 0 radical (unpaired) electrons. The highest BCUT2D eigenvalue weighted by atomic mass is 16.4. The molecule has 3 heteroatoms. The molecule has 0 heterocycles. The van der Waals surface area contributed by atoms with Gasteiger partial charge in [-0.25, -0.2) is 0 Å². The van der Waals surface area contributed by atoms with Crippen LogP contribution in [0.1, 0.15) is 18.4 Å². The van der Waals surface area contributed by atoms with Crippen molar-refractivity contribution in [3.8, 4) is 0 Å². The van der Waals surface area contributed by atoms with Gasteiger partial charge in [0.2, 0.25) is 0 Å². The summed E-state index contributed by atoms with van der Waals surface area (Å²) in [6, 6.07) is 9.56. The molecule has 1 aliphatic carbocycles. The standard InChI is InChI=1S/C13H17NO2/c1-14(2)11(12(15)16)13(8-9-13)10-6-4-3-5-7-10/h3-7,11H,8-9H2,1-2H3,(H,15,16). The summed E-state index contributed by atoms with van der Waals surface area (Å²) < 4.78 is 0. The molecule has 86 valence electrons. The Morgan fingerprint density at radius 2 is 1.88 bits per heavy atom. The number of likely N-dealkylation sites (N-methyl/N-ethyl adjacent to an activating group) is 1. The number of aliphatic carboxylic acids is 1. The predicted octanol–water partition coefficient (Wildman–Crippen LogP) is 1.73. The highest BCUT2D eigenvalue weighted by Gasteiger charge is 2.54. The van der Waals surface area contributed by atoms with E-state index in [4.69, 9.17) is 0 Å². The summed E-state index contributed by atoms with van der Waals surface area (Å²) in [6.07, 6.45) is 1.93. The lowest BCUT2D eigenvalue weighted by Gasteiger charge is -2.29. The molecule has 1 unspecified atom stereocenters. The maximum Gasteiger partial charge on any atom is 0.321 e. The van der Waals surface area contributed by atoms with Gasteiger partial charge in [-0.3, -0.25) is 9.69 Å². The number of hydrogen-bond donors (Lipinski definition) is 1. The summed E-state index contributed by atoms with van der Waals surface area (Å²) in [6.45, 7) is 0. The van der Waals surface area contributed by atoms with Crippen molar-refractivity contribution in [1.82, 2.24) is 4.90 Å². The van der Waals surface area contributed by atoms with Gasteiger partial charge in [0.25, 0.3) is 0 Å². The third-order valence-corrected chi connectivity index (χ3v) is 3.41. The van der Waals surface area contributed by atoms with Gasteiger partial charge in [-0.2, -0.15) is 0 Å². The van der Waals surface area contributed by atoms with E-state index in [9.17, 15) is 9.90 Å². The van der Waals surface area contributed by atoms with E-state index in [0.29, 0.717) is 0 Å². The Hall–Kier alpha value is -1.35. The maximum absolute atomic E-state index is 11.4. The molecule has 1 saturated carbocycles. The summed E-state index contributed by atoms with van der Waals surface area (Å²) in [7, 11) is 3.67. The zero-order chi connectivity index (χ0) is 11.8. The number of carboxylic acids is 1. The summed E-state index contributed by atoms with van der Waals surface area (Å²) >= 11 is 0. The summed E-state index contributed by atoms with van der Waals surface area (Å²) in [5, 5.41) is 9.34. The molecule has 0 spiro atoms. The van der Waals surface area contributed by atoms with E-state index in [2.05, 4.69) is 0 Å². The average molecular weight is 219 g/mol. The lowest BCUT2D eigenvalue weighted by molar-refractivity contribution is -0.143. The first kappa shape index (κ1) is 11.1. The zero-order valence-electron chi connectivity index (χ0n) is 9.68. The van der Waals surface area contributed by atoms with Gasteiger partial charge in [0, 0.05) is 5.41 Å². The van der Waals surface area contributed by atoms with Gasteiger partial charge in [-0.05, 0) is 32.5 Å². The van der Waals surface area contributed by atoms with Gasteiger partial charge in [0.1, 0.15) is 6.04 Å². The second-order valence-electron chi connectivity index (χ2n) is 4.73. The van der Waals surface area contributed by atoms with Crippen molar-refractivity contribution in [1.29, 1.82) is 0 Å². The van der Waals surface area contributed by atoms with Crippen LogP contribution in [0.4, 0.5) is 0 Å². The number of benzene rings is 1. The minimum Gasteiger partial charge on any atom is -0.480 e. The largest absolute Gasteiger partial charge is 0.480 e. The summed E-state index contributed by atoms with van der Waals surface area (Å²) in [5.41, 5.74) is 0.979. The zero-order valence-corrected chi connectivity index (χ0v) is 9.68. The van der Waals surface area contributed by atoms with Crippen molar-refractivity contribution >= 4 is 5.97 Å². The topological polar surface area (TPSA) is 40.5 Å². The van der Waals surface area contributed by atoms with Gasteiger partial charge >= 0.3 is 5.97 Å². The molecule has 0 bridgehead atoms. The van der Waals surface area contributed by atoms with E-state index in [-0.39, 0.29) is 5.41 Å². The number of carbonyl (C=O) groups is 1. The fraction of sp³-hybridized carbons (Fsp3) is 0.462. The average Bonchev–Trinajstić information content (AvgIpc) is 2.99. The Balaban J connectivity index is 2.35. The van der Waals surface area contributed by atoms with E-state index in [1.807, 2.05) is 49.3 Å². The molecule has 0 amide bonds. The summed E-state index contributed by atoms with van der Waals surface area (Å²) in [4.78, 5) is 13.2. The monoisotopic (exact) mass is 219 g/mol. The molecule has 3 nitrogen and oxygen atoms in total.